The normalized spacial score (nSPS) is 11.7. The highest BCUT2D eigenvalue weighted by atomic mass is 35.5. The van der Waals surface area contributed by atoms with E-state index < -0.39 is 6.03 Å². The molecule has 0 bridgehead atoms. The van der Waals surface area contributed by atoms with Gasteiger partial charge >= 0.3 is 6.03 Å². The minimum Gasteiger partial charge on any atom is -0.469 e. The van der Waals surface area contributed by atoms with Crippen LogP contribution in [0.4, 0.5) is 10.5 Å². The molecule has 2 aromatic rings. The summed E-state index contributed by atoms with van der Waals surface area (Å²) < 4.78 is 5.24. The lowest BCUT2D eigenvalue weighted by molar-refractivity contribution is 0.0828. The Labute approximate surface area is 156 Å². The first-order valence-electron chi connectivity index (χ1n) is 8.10. The number of rotatable bonds is 7. The fourth-order valence-corrected chi connectivity index (χ4v) is 2.60. The van der Waals surface area contributed by atoms with Crippen LogP contribution in [0.15, 0.2) is 41.0 Å². The molecule has 8 heteroatoms. The Bertz CT molecular complexity index is 747. The summed E-state index contributed by atoms with van der Waals surface area (Å²) in [5.41, 5.74) is 0.829. The molecule has 0 saturated heterocycles. The summed E-state index contributed by atoms with van der Waals surface area (Å²) in [5, 5.41) is 15.0. The fourth-order valence-electron chi connectivity index (χ4n) is 2.33. The number of hydrogen-bond donors (Lipinski definition) is 3. The molecular weight excluding hydrogens is 358 g/mol. The van der Waals surface area contributed by atoms with Gasteiger partial charge in [0.15, 0.2) is 0 Å². The maximum Gasteiger partial charge on any atom is 0.319 e. The summed E-state index contributed by atoms with van der Waals surface area (Å²) in [6, 6.07) is 7.86. The monoisotopic (exact) mass is 379 g/mol. The molecule has 3 amide bonds. The van der Waals surface area contributed by atoms with Crippen LogP contribution in [0.1, 0.15) is 16.1 Å². The first kappa shape index (κ1) is 19.8. The molecule has 1 heterocycles. The van der Waals surface area contributed by atoms with Crippen molar-refractivity contribution in [2.45, 2.75) is 6.42 Å². The number of amides is 3. The van der Waals surface area contributed by atoms with Crippen molar-refractivity contribution in [3.8, 4) is 0 Å². The fraction of sp³-hybridized carbons (Fsp3) is 0.333. The van der Waals surface area contributed by atoms with E-state index in [0.717, 1.165) is 5.76 Å². The van der Waals surface area contributed by atoms with Crippen LogP contribution in [0.2, 0.25) is 5.02 Å². The van der Waals surface area contributed by atoms with Gasteiger partial charge in [-0.1, -0.05) is 11.6 Å². The first-order valence-corrected chi connectivity index (χ1v) is 8.47. The van der Waals surface area contributed by atoms with E-state index in [2.05, 4.69) is 10.6 Å². The van der Waals surface area contributed by atoms with Crippen molar-refractivity contribution < 1.29 is 19.1 Å². The molecule has 7 nitrogen and oxygen atoms in total. The van der Waals surface area contributed by atoms with Crippen LogP contribution >= 0.6 is 11.6 Å². The second-order valence-electron chi connectivity index (χ2n) is 6.06. The van der Waals surface area contributed by atoms with Crippen molar-refractivity contribution in [1.82, 2.24) is 10.2 Å². The van der Waals surface area contributed by atoms with Crippen molar-refractivity contribution in [2.75, 3.05) is 32.6 Å². The van der Waals surface area contributed by atoms with E-state index >= 15 is 0 Å². The summed E-state index contributed by atoms with van der Waals surface area (Å²) in [7, 11) is 3.27. The van der Waals surface area contributed by atoms with Crippen molar-refractivity contribution in [2.24, 2.45) is 5.92 Å². The molecule has 1 aromatic heterocycles. The summed E-state index contributed by atoms with van der Waals surface area (Å²) in [6.07, 6.45) is 2.09. The predicted molar refractivity (Wildman–Crippen MR) is 99.5 cm³/mol. The Hall–Kier alpha value is -2.51. The SMILES string of the molecule is CN(C)C(=O)c1ccc(NC(=O)NCC(CO)Cc2ccco2)cc1Cl. The number of anilines is 1. The molecule has 0 aliphatic carbocycles. The van der Waals surface area contributed by atoms with Gasteiger partial charge in [0.05, 0.1) is 16.8 Å². The number of hydrogen-bond acceptors (Lipinski definition) is 4. The van der Waals surface area contributed by atoms with Gasteiger partial charge in [-0.2, -0.15) is 0 Å². The topological polar surface area (TPSA) is 94.8 Å². The standard InChI is InChI=1S/C18H22ClN3O4/c1-22(2)17(24)15-6-5-13(9-16(15)19)21-18(25)20-10-12(11-23)8-14-4-3-7-26-14/h3-7,9,12,23H,8,10-11H2,1-2H3,(H2,20,21,25). The largest absolute Gasteiger partial charge is 0.469 e. The van der Waals surface area contributed by atoms with Crippen LogP contribution in [0.5, 0.6) is 0 Å². The number of carbonyl (C=O) groups is 2. The lowest BCUT2D eigenvalue weighted by atomic mass is 10.1. The van der Waals surface area contributed by atoms with Crippen LogP contribution in [0.3, 0.4) is 0 Å². The first-order chi connectivity index (χ1) is 12.4. The second kappa shape index (κ2) is 9.26. The number of nitrogens with zero attached hydrogens (tertiary/aromatic N) is 1. The Morgan fingerprint density at radius 2 is 2.08 bits per heavy atom. The number of nitrogens with one attached hydrogen (secondary N) is 2. The number of furan rings is 1. The Morgan fingerprint density at radius 3 is 2.65 bits per heavy atom. The van der Waals surface area contributed by atoms with E-state index in [-0.39, 0.29) is 30.0 Å². The van der Waals surface area contributed by atoms with Gasteiger partial charge in [0, 0.05) is 45.3 Å². The van der Waals surface area contributed by atoms with Gasteiger partial charge in [-0.25, -0.2) is 4.79 Å². The van der Waals surface area contributed by atoms with E-state index in [4.69, 9.17) is 16.0 Å². The van der Waals surface area contributed by atoms with Gasteiger partial charge in [-0.3, -0.25) is 4.79 Å². The van der Waals surface area contributed by atoms with Crippen LogP contribution in [-0.2, 0) is 6.42 Å². The molecule has 0 radical (unpaired) electrons. The zero-order valence-electron chi connectivity index (χ0n) is 14.7. The smallest absolute Gasteiger partial charge is 0.319 e. The van der Waals surface area contributed by atoms with E-state index in [9.17, 15) is 14.7 Å². The Balaban J connectivity index is 1.89. The average molecular weight is 380 g/mol. The highest BCUT2D eigenvalue weighted by Gasteiger charge is 2.15. The van der Waals surface area contributed by atoms with Gasteiger partial charge in [-0.05, 0) is 30.3 Å². The molecule has 1 unspecified atom stereocenters. The Morgan fingerprint density at radius 1 is 1.31 bits per heavy atom. The number of benzene rings is 1. The van der Waals surface area contributed by atoms with Crippen molar-refractivity contribution in [3.05, 3.63) is 52.9 Å². The van der Waals surface area contributed by atoms with E-state index in [1.165, 1.54) is 11.0 Å². The van der Waals surface area contributed by atoms with Crippen molar-refractivity contribution in [1.29, 1.82) is 0 Å². The highest BCUT2D eigenvalue weighted by Crippen LogP contribution is 2.22. The predicted octanol–water partition coefficient (Wildman–Crippen LogP) is 2.61. The molecule has 140 valence electrons. The quantitative estimate of drug-likeness (QED) is 0.689. The summed E-state index contributed by atoms with van der Waals surface area (Å²) >= 11 is 6.12. The summed E-state index contributed by atoms with van der Waals surface area (Å²) in [5.74, 6) is 0.379. The van der Waals surface area contributed by atoms with Crippen molar-refractivity contribution in [3.63, 3.8) is 0 Å². The van der Waals surface area contributed by atoms with Gasteiger partial charge in [0.2, 0.25) is 0 Å². The minimum atomic E-state index is -0.425. The minimum absolute atomic E-state index is 0.0752. The summed E-state index contributed by atoms with van der Waals surface area (Å²) in [6.45, 7) is 0.210. The van der Waals surface area contributed by atoms with E-state index in [0.29, 0.717) is 17.7 Å². The van der Waals surface area contributed by atoms with Crippen LogP contribution in [-0.4, -0.2) is 49.2 Å². The van der Waals surface area contributed by atoms with Gasteiger partial charge in [0.1, 0.15) is 5.76 Å². The number of carbonyl (C=O) groups excluding carboxylic acids is 2. The third-order valence-electron chi connectivity index (χ3n) is 3.74. The van der Waals surface area contributed by atoms with E-state index in [1.54, 1.807) is 38.6 Å². The third-order valence-corrected chi connectivity index (χ3v) is 4.06. The molecule has 1 atom stereocenters. The maximum atomic E-state index is 12.0. The molecule has 1 aromatic carbocycles. The number of aliphatic hydroxyl groups is 1. The lowest BCUT2D eigenvalue weighted by Gasteiger charge is -2.15. The van der Waals surface area contributed by atoms with Gasteiger partial charge in [-0.15, -0.1) is 0 Å². The van der Waals surface area contributed by atoms with Crippen LogP contribution < -0.4 is 10.6 Å². The zero-order chi connectivity index (χ0) is 19.1. The molecule has 0 aliphatic rings. The molecule has 2 rings (SSSR count). The van der Waals surface area contributed by atoms with Crippen molar-refractivity contribution >= 4 is 29.2 Å². The average Bonchev–Trinajstić information content (AvgIpc) is 3.11. The molecule has 0 aliphatic heterocycles. The zero-order valence-corrected chi connectivity index (χ0v) is 15.4. The second-order valence-corrected chi connectivity index (χ2v) is 6.47. The number of urea groups is 1. The molecular formula is C18H22ClN3O4. The maximum absolute atomic E-state index is 12.0. The molecule has 0 fully saturated rings. The summed E-state index contributed by atoms with van der Waals surface area (Å²) in [4.78, 5) is 25.4. The molecule has 26 heavy (non-hydrogen) atoms. The molecule has 0 spiro atoms. The highest BCUT2D eigenvalue weighted by molar-refractivity contribution is 6.34. The molecule has 3 N–H and O–H groups in total. The van der Waals surface area contributed by atoms with Gasteiger partial charge < -0.3 is 25.1 Å². The van der Waals surface area contributed by atoms with E-state index in [1.807, 2.05) is 6.07 Å². The third kappa shape index (κ3) is 5.50. The van der Waals surface area contributed by atoms with Gasteiger partial charge in [0.25, 0.3) is 5.91 Å². The Kier molecular flexibility index (Phi) is 7.06. The van der Waals surface area contributed by atoms with Crippen LogP contribution in [0, 0.1) is 5.92 Å². The number of aliphatic hydroxyl groups excluding tert-OH is 1. The van der Waals surface area contributed by atoms with Crippen LogP contribution in [0.25, 0.3) is 0 Å². The molecule has 0 saturated carbocycles. The lowest BCUT2D eigenvalue weighted by Crippen LogP contribution is -2.35. The number of halogens is 1.